The number of H-pyrrole nitrogens is 1. The molecule has 0 unspecified atom stereocenters. The van der Waals surface area contributed by atoms with Crippen molar-refractivity contribution in [2.75, 3.05) is 5.32 Å². The third kappa shape index (κ3) is 3.24. The highest BCUT2D eigenvalue weighted by Crippen LogP contribution is 2.18. The molecular formula is C16H12N5O2. The zero-order chi connectivity index (χ0) is 16.2. The van der Waals surface area contributed by atoms with Crippen molar-refractivity contribution < 1.29 is 4.79 Å². The molecule has 0 saturated heterocycles. The van der Waals surface area contributed by atoms with E-state index in [9.17, 15) is 9.59 Å². The summed E-state index contributed by atoms with van der Waals surface area (Å²) in [4.78, 5) is 34.0. The van der Waals surface area contributed by atoms with E-state index in [4.69, 9.17) is 5.73 Å². The van der Waals surface area contributed by atoms with E-state index >= 15 is 0 Å². The van der Waals surface area contributed by atoms with Gasteiger partial charge in [0.15, 0.2) is 11.5 Å². The van der Waals surface area contributed by atoms with E-state index in [1.807, 2.05) is 6.07 Å². The number of hydrogen-bond donors (Lipinski definition) is 2. The van der Waals surface area contributed by atoms with Crippen molar-refractivity contribution in [1.82, 2.24) is 20.7 Å². The number of nitrogens with one attached hydrogen (secondary N) is 3. The Morgan fingerprint density at radius 1 is 1.13 bits per heavy atom. The molecule has 1 amide bonds. The van der Waals surface area contributed by atoms with Crippen LogP contribution in [0.25, 0.3) is 11.3 Å². The lowest BCUT2D eigenvalue weighted by Crippen LogP contribution is -2.15. The lowest BCUT2D eigenvalue weighted by atomic mass is 10.2. The van der Waals surface area contributed by atoms with Gasteiger partial charge in [-0.2, -0.15) is 0 Å². The summed E-state index contributed by atoms with van der Waals surface area (Å²) in [7, 11) is 0. The molecule has 2 heterocycles. The first kappa shape index (κ1) is 14.5. The highest BCUT2D eigenvalue weighted by atomic mass is 16.2. The molecule has 7 heteroatoms. The summed E-state index contributed by atoms with van der Waals surface area (Å²) in [5.41, 5.74) is 9.05. The number of aromatic nitrogens is 3. The quantitative estimate of drug-likeness (QED) is 0.770. The first-order chi connectivity index (χ1) is 11.1. The van der Waals surface area contributed by atoms with Gasteiger partial charge in [-0.05, 0) is 18.2 Å². The van der Waals surface area contributed by atoms with Crippen LogP contribution >= 0.6 is 0 Å². The summed E-state index contributed by atoms with van der Waals surface area (Å²) in [6.45, 7) is 0. The SMILES string of the molecule is [NH]c1ncc(-c2ccc(=O)[nH]c2)nc1C(=O)Nc1ccccc1. The van der Waals surface area contributed by atoms with Gasteiger partial charge >= 0.3 is 0 Å². The number of hydrogen-bond acceptors (Lipinski definition) is 4. The van der Waals surface area contributed by atoms with Crippen LogP contribution in [0.4, 0.5) is 11.5 Å². The molecule has 3 rings (SSSR count). The summed E-state index contributed by atoms with van der Waals surface area (Å²) in [6, 6.07) is 11.8. The number of rotatable bonds is 3. The minimum absolute atomic E-state index is 0.0856. The van der Waals surface area contributed by atoms with E-state index in [0.29, 0.717) is 16.9 Å². The van der Waals surface area contributed by atoms with Crippen molar-refractivity contribution in [3.05, 3.63) is 70.9 Å². The van der Waals surface area contributed by atoms with Gasteiger partial charge in [-0.25, -0.2) is 9.97 Å². The summed E-state index contributed by atoms with van der Waals surface area (Å²) in [5.74, 6) is -0.730. The molecule has 0 aliphatic rings. The second-order valence-corrected chi connectivity index (χ2v) is 4.71. The highest BCUT2D eigenvalue weighted by Gasteiger charge is 2.15. The van der Waals surface area contributed by atoms with E-state index in [1.54, 1.807) is 30.3 Å². The van der Waals surface area contributed by atoms with Gasteiger partial charge < -0.3 is 10.3 Å². The molecular weight excluding hydrogens is 294 g/mol. The van der Waals surface area contributed by atoms with Crippen LogP contribution < -0.4 is 16.6 Å². The zero-order valence-electron chi connectivity index (χ0n) is 11.9. The Kier molecular flexibility index (Phi) is 3.84. The third-order valence-corrected chi connectivity index (χ3v) is 3.10. The van der Waals surface area contributed by atoms with Crippen molar-refractivity contribution in [3.8, 4) is 11.3 Å². The van der Waals surface area contributed by atoms with Crippen LogP contribution in [0.1, 0.15) is 10.5 Å². The van der Waals surface area contributed by atoms with E-state index in [-0.39, 0.29) is 17.1 Å². The Balaban J connectivity index is 1.93. The first-order valence-electron chi connectivity index (χ1n) is 6.77. The van der Waals surface area contributed by atoms with E-state index in [1.165, 1.54) is 18.5 Å². The van der Waals surface area contributed by atoms with Gasteiger partial charge in [0.05, 0.1) is 11.9 Å². The summed E-state index contributed by atoms with van der Waals surface area (Å²) < 4.78 is 0. The molecule has 0 aliphatic carbocycles. The van der Waals surface area contributed by atoms with Crippen LogP contribution in [0.2, 0.25) is 0 Å². The summed E-state index contributed by atoms with van der Waals surface area (Å²) in [5, 5.41) is 2.67. The molecule has 0 bridgehead atoms. The summed E-state index contributed by atoms with van der Waals surface area (Å²) in [6.07, 6.45) is 2.87. The van der Waals surface area contributed by atoms with E-state index in [2.05, 4.69) is 20.3 Å². The Morgan fingerprint density at radius 2 is 1.91 bits per heavy atom. The Hall–Kier alpha value is -3.48. The number of nitrogens with zero attached hydrogens (tertiary/aromatic N) is 2. The Bertz CT molecular complexity index is 885. The number of carbonyl (C=O) groups is 1. The van der Waals surface area contributed by atoms with Gasteiger partial charge in [-0.1, -0.05) is 18.2 Å². The molecule has 1 radical (unpaired) electrons. The van der Waals surface area contributed by atoms with Gasteiger partial charge in [0.25, 0.3) is 5.91 Å². The fourth-order valence-corrected chi connectivity index (χ4v) is 1.97. The second-order valence-electron chi connectivity index (χ2n) is 4.71. The molecule has 23 heavy (non-hydrogen) atoms. The van der Waals surface area contributed by atoms with Crippen LogP contribution in [0.3, 0.4) is 0 Å². The van der Waals surface area contributed by atoms with Crippen molar-refractivity contribution in [2.45, 2.75) is 0 Å². The fourth-order valence-electron chi connectivity index (χ4n) is 1.97. The van der Waals surface area contributed by atoms with Gasteiger partial charge in [-0.3, -0.25) is 15.3 Å². The number of para-hydroxylation sites is 1. The van der Waals surface area contributed by atoms with Crippen LogP contribution in [-0.2, 0) is 0 Å². The van der Waals surface area contributed by atoms with Crippen LogP contribution in [-0.4, -0.2) is 20.9 Å². The molecule has 0 aliphatic heterocycles. The molecule has 2 aromatic heterocycles. The van der Waals surface area contributed by atoms with Gasteiger partial charge in [0.2, 0.25) is 5.56 Å². The van der Waals surface area contributed by atoms with E-state index in [0.717, 1.165) is 0 Å². The van der Waals surface area contributed by atoms with Gasteiger partial charge in [0, 0.05) is 23.5 Å². The predicted octanol–water partition coefficient (Wildman–Crippen LogP) is 2.00. The predicted molar refractivity (Wildman–Crippen MR) is 85.2 cm³/mol. The first-order valence-corrected chi connectivity index (χ1v) is 6.77. The number of benzene rings is 1. The molecule has 0 atom stereocenters. The minimum Gasteiger partial charge on any atom is -0.328 e. The normalized spacial score (nSPS) is 10.3. The molecule has 3 aromatic rings. The van der Waals surface area contributed by atoms with Crippen molar-refractivity contribution >= 4 is 17.4 Å². The maximum absolute atomic E-state index is 12.3. The lowest BCUT2D eigenvalue weighted by molar-refractivity contribution is 0.102. The highest BCUT2D eigenvalue weighted by molar-refractivity contribution is 6.05. The molecule has 0 fully saturated rings. The third-order valence-electron chi connectivity index (χ3n) is 3.10. The van der Waals surface area contributed by atoms with Crippen LogP contribution in [0.15, 0.2) is 59.7 Å². The molecule has 1 aromatic carbocycles. The van der Waals surface area contributed by atoms with Crippen molar-refractivity contribution in [3.63, 3.8) is 0 Å². The molecule has 7 nitrogen and oxygen atoms in total. The number of amides is 1. The molecule has 3 N–H and O–H groups in total. The Labute approximate surface area is 131 Å². The van der Waals surface area contributed by atoms with Crippen molar-refractivity contribution in [2.24, 2.45) is 0 Å². The smallest absolute Gasteiger partial charge is 0.278 e. The molecule has 0 saturated carbocycles. The number of aromatic amines is 1. The average molecular weight is 306 g/mol. The number of anilines is 1. The maximum atomic E-state index is 12.3. The monoisotopic (exact) mass is 306 g/mol. The molecule has 0 spiro atoms. The number of pyridine rings is 1. The standard InChI is InChI=1S/C16H12N5O2/c17-15-14(16(23)20-11-4-2-1-3-5-11)21-12(9-19-15)10-6-7-13(22)18-8-10/h1-9,17H,(H,18,22)(H,20,23). The zero-order valence-corrected chi connectivity index (χ0v) is 11.9. The van der Waals surface area contributed by atoms with Gasteiger partial charge in [0.1, 0.15) is 0 Å². The minimum atomic E-state index is -0.514. The fraction of sp³-hybridized carbons (Fsp3) is 0. The molecule has 113 valence electrons. The van der Waals surface area contributed by atoms with E-state index < -0.39 is 5.91 Å². The summed E-state index contributed by atoms with van der Waals surface area (Å²) >= 11 is 0. The van der Waals surface area contributed by atoms with Crippen molar-refractivity contribution in [1.29, 1.82) is 0 Å². The second kappa shape index (κ2) is 6.10. The van der Waals surface area contributed by atoms with Crippen LogP contribution in [0.5, 0.6) is 0 Å². The number of carbonyl (C=O) groups excluding carboxylic acids is 1. The topological polar surface area (TPSA) is 112 Å². The van der Waals surface area contributed by atoms with Crippen LogP contribution in [0, 0.1) is 0 Å². The Morgan fingerprint density at radius 3 is 2.61 bits per heavy atom. The largest absolute Gasteiger partial charge is 0.328 e. The van der Waals surface area contributed by atoms with Gasteiger partial charge in [-0.15, -0.1) is 0 Å². The lowest BCUT2D eigenvalue weighted by Gasteiger charge is -2.07. The average Bonchev–Trinajstić information content (AvgIpc) is 2.57. The maximum Gasteiger partial charge on any atom is 0.278 e.